The molecule has 0 unspecified atom stereocenters. The highest BCUT2D eigenvalue weighted by Gasteiger charge is 2.28. The van der Waals surface area contributed by atoms with Gasteiger partial charge in [0.15, 0.2) is 5.82 Å². The van der Waals surface area contributed by atoms with Crippen LogP contribution in [0.2, 0.25) is 5.02 Å². The third kappa shape index (κ3) is 3.32. The number of benzene rings is 1. The summed E-state index contributed by atoms with van der Waals surface area (Å²) >= 11 is 5.95. The van der Waals surface area contributed by atoms with Gasteiger partial charge in [0.2, 0.25) is 5.89 Å². The molecule has 1 aromatic heterocycles. The van der Waals surface area contributed by atoms with E-state index in [4.69, 9.17) is 20.9 Å². The van der Waals surface area contributed by atoms with Crippen LogP contribution in [0.1, 0.15) is 43.3 Å². The molecule has 5 nitrogen and oxygen atoms in total. The van der Waals surface area contributed by atoms with Crippen molar-refractivity contribution in [1.82, 2.24) is 15.0 Å². The van der Waals surface area contributed by atoms with Crippen molar-refractivity contribution in [2.45, 2.75) is 32.4 Å². The zero-order valence-electron chi connectivity index (χ0n) is 12.8. The molecule has 0 spiro atoms. The van der Waals surface area contributed by atoms with Gasteiger partial charge in [-0.3, -0.25) is 4.90 Å². The van der Waals surface area contributed by atoms with Gasteiger partial charge in [-0.05, 0) is 24.6 Å². The molecule has 1 aliphatic rings. The molecule has 2 heterocycles. The lowest BCUT2D eigenvalue weighted by molar-refractivity contribution is -0.0469. The maximum atomic E-state index is 5.95. The van der Waals surface area contributed by atoms with E-state index in [0.717, 1.165) is 35.9 Å². The SMILES string of the molecule is CCc1noc([C@@H](C)N2CCO[C@H](c3ccc(Cl)cc3)C2)n1. The van der Waals surface area contributed by atoms with Crippen molar-refractivity contribution >= 4 is 11.6 Å². The minimum absolute atomic E-state index is 0.0435. The maximum absolute atomic E-state index is 5.95. The number of rotatable bonds is 4. The Balaban J connectivity index is 1.70. The first kappa shape index (κ1) is 15.5. The molecule has 118 valence electrons. The molecule has 1 aromatic carbocycles. The quantitative estimate of drug-likeness (QED) is 0.863. The third-order valence-corrected chi connectivity index (χ3v) is 4.30. The van der Waals surface area contributed by atoms with E-state index >= 15 is 0 Å². The van der Waals surface area contributed by atoms with Gasteiger partial charge in [0.05, 0.1) is 18.8 Å². The predicted octanol–water partition coefficient (Wildman–Crippen LogP) is 3.42. The summed E-state index contributed by atoms with van der Waals surface area (Å²) in [6.07, 6.45) is 0.828. The van der Waals surface area contributed by atoms with Gasteiger partial charge >= 0.3 is 0 Å². The summed E-state index contributed by atoms with van der Waals surface area (Å²) in [6, 6.07) is 7.92. The van der Waals surface area contributed by atoms with Gasteiger partial charge < -0.3 is 9.26 Å². The summed E-state index contributed by atoms with van der Waals surface area (Å²) in [7, 11) is 0. The van der Waals surface area contributed by atoms with Gasteiger partial charge in [0, 0.05) is 24.5 Å². The molecule has 1 aliphatic heterocycles. The summed E-state index contributed by atoms with van der Waals surface area (Å²) in [5, 5.41) is 4.72. The summed E-state index contributed by atoms with van der Waals surface area (Å²) in [5.74, 6) is 1.43. The minimum atomic E-state index is 0.0435. The summed E-state index contributed by atoms with van der Waals surface area (Å²) in [6.45, 7) is 6.45. The van der Waals surface area contributed by atoms with Crippen LogP contribution < -0.4 is 0 Å². The van der Waals surface area contributed by atoms with Crippen LogP contribution in [-0.2, 0) is 11.2 Å². The van der Waals surface area contributed by atoms with Crippen molar-refractivity contribution in [3.63, 3.8) is 0 Å². The molecule has 3 rings (SSSR count). The van der Waals surface area contributed by atoms with E-state index in [0.29, 0.717) is 12.5 Å². The number of nitrogens with zero attached hydrogens (tertiary/aromatic N) is 3. The smallest absolute Gasteiger partial charge is 0.243 e. The van der Waals surface area contributed by atoms with Crippen molar-refractivity contribution in [3.05, 3.63) is 46.6 Å². The monoisotopic (exact) mass is 321 g/mol. The topological polar surface area (TPSA) is 51.4 Å². The molecule has 2 aromatic rings. The first-order valence-corrected chi connectivity index (χ1v) is 7.98. The number of aryl methyl sites for hydroxylation is 1. The summed E-state index contributed by atoms with van der Waals surface area (Å²) < 4.78 is 11.3. The van der Waals surface area contributed by atoms with Crippen molar-refractivity contribution in [1.29, 1.82) is 0 Å². The highest BCUT2D eigenvalue weighted by atomic mass is 35.5. The Labute approximate surface area is 135 Å². The molecule has 2 atom stereocenters. The average molecular weight is 322 g/mol. The molecule has 22 heavy (non-hydrogen) atoms. The van der Waals surface area contributed by atoms with E-state index in [2.05, 4.69) is 22.0 Å². The molecule has 0 saturated carbocycles. The van der Waals surface area contributed by atoms with E-state index in [-0.39, 0.29) is 12.1 Å². The normalized spacial score (nSPS) is 21.0. The van der Waals surface area contributed by atoms with Crippen LogP contribution in [-0.4, -0.2) is 34.7 Å². The molecule has 0 aliphatic carbocycles. The Morgan fingerprint density at radius 2 is 2.14 bits per heavy atom. The Morgan fingerprint density at radius 3 is 2.82 bits per heavy atom. The van der Waals surface area contributed by atoms with Crippen molar-refractivity contribution < 1.29 is 9.26 Å². The van der Waals surface area contributed by atoms with Gasteiger partial charge in [-0.15, -0.1) is 0 Å². The largest absolute Gasteiger partial charge is 0.371 e. The van der Waals surface area contributed by atoms with Crippen molar-refractivity contribution in [2.75, 3.05) is 19.7 Å². The van der Waals surface area contributed by atoms with Crippen LogP contribution in [0.3, 0.4) is 0 Å². The molecule has 1 fully saturated rings. The van der Waals surface area contributed by atoms with E-state index in [9.17, 15) is 0 Å². The van der Waals surface area contributed by atoms with Crippen LogP contribution in [0, 0.1) is 0 Å². The van der Waals surface area contributed by atoms with Crippen molar-refractivity contribution in [2.24, 2.45) is 0 Å². The molecule has 0 N–H and O–H groups in total. The summed E-state index contributed by atoms with van der Waals surface area (Å²) in [4.78, 5) is 6.75. The highest BCUT2D eigenvalue weighted by molar-refractivity contribution is 6.30. The highest BCUT2D eigenvalue weighted by Crippen LogP contribution is 2.28. The fourth-order valence-corrected chi connectivity index (χ4v) is 2.76. The van der Waals surface area contributed by atoms with Gasteiger partial charge in [-0.25, -0.2) is 0 Å². The number of halogens is 1. The summed E-state index contributed by atoms with van der Waals surface area (Å²) in [5.41, 5.74) is 1.14. The zero-order valence-corrected chi connectivity index (χ0v) is 13.6. The lowest BCUT2D eigenvalue weighted by Crippen LogP contribution is -2.40. The minimum Gasteiger partial charge on any atom is -0.371 e. The lowest BCUT2D eigenvalue weighted by atomic mass is 10.1. The predicted molar refractivity (Wildman–Crippen MR) is 83.8 cm³/mol. The Hall–Kier alpha value is -1.43. The Morgan fingerprint density at radius 1 is 1.36 bits per heavy atom. The van der Waals surface area contributed by atoms with Gasteiger partial charge in [-0.1, -0.05) is 35.8 Å². The second kappa shape index (κ2) is 6.77. The number of aromatic nitrogens is 2. The molecular formula is C16H20ClN3O2. The number of hydrogen-bond acceptors (Lipinski definition) is 5. The first-order valence-electron chi connectivity index (χ1n) is 7.61. The van der Waals surface area contributed by atoms with E-state index in [1.807, 2.05) is 31.2 Å². The molecule has 0 amide bonds. The molecule has 0 radical (unpaired) electrons. The third-order valence-electron chi connectivity index (χ3n) is 4.04. The first-order chi connectivity index (χ1) is 10.7. The molecule has 1 saturated heterocycles. The molecular weight excluding hydrogens is 302 g/mol. The molecule has 6 heteroatoms. The Bertz CT molecular complexity index is 614. The van der Waals surface area contributed by atoms with Crippen LogP contribution >= 0.6 is 11.6 Å². The number of ether oxygens (including phenoxy) is 1. The van der Waals surface area contributed by atoms with Crippen LogP contribution in [0.5, 0.6) is 0 Å². The molecule has 0 bridgehead atoms. The van der Waals surface area contributed by atoms with Gasteiger partial charge in [0.25, 0.3) is 0 Å². The second-order valence-electron chi connectivity index (χ2n) is 5.48. The average Bonchev–Trinajstić information content (AvgIpc) is 3.04. The van der Waals surface area contributed by atoms with Gasteiger partial charge in [-0.2, -0.15) is 4.98 Å². The van der Waals surface area contributed by atoms with Crippen LogP contribution in [0.15, 0.2) is 28.8 Å². The second-order valence-corrected chi connectivity index (χ2v) is 5.92. The van der Waals surface area contributed by atoms with E-state index in [1.165, 1.54) is 0 Å². The fourth-order valence-electron chi connectivity index (χ4n) is 2.64. The van der Waals surface area contributed by atoms with Crippen LogP contribution in [0.4, 0.5) is 0 Å². The zero-order chi connectivity index (χ0) is 15.5. The number of hydrogen-bond donors (Lipinski definition) is 0. The lowest BCUT2D eigenvalue weighted by Gasteiger charge is -2.35. The standard InChI is InChI=1S/C16H20ClN3O2/c1-3-15-18-16(22-19-15)11(2)20-8-9-21-14(10-20)12-4-6-13(17)7-5-12/h4-7,11,14H,3,8-10H2,1-2H3/t11-,14+/m1/s1. The van der Waals surface area contributed by atoms with E-state index in [1.54, 1.807) is 0 Å². The van der Waals surface area contributed by atoms with Gasteiger partial charge in [0.1, 0.15) is 0 Å². The van der Waals surface area contributed by atoms with Crippen molar-refractivity contribution in [3.8, 4) is 0 Å². The maximum Gasteiger partial charge on any atom is 0.243 e. The number of morpholine rings is 1. The van der Waals surface area contributed by atoms with Crippen LogP contribution in [0.25, 0.3) is 0 Å². The van der Waals surface area contributed by atoms with E-state index < -0.39 is 0 Å². The fraction of sp³-hybridized carbons (Fsp3) is 0.500. The Kier molecular flexibility index (Phi) is 4.76.